The number of methoxy groups -OCH3 is 1. The molecular weight excluding hydrogens is 432 g/mol. The Morgan fingerprint density at radius 2 is 1.63 bits per heavy atom. The molecule has 0 aliphatic rings. The van der Waals surface area contributed by atoms with E-state index in [1.54, 1.807) is 13.3 Å². The second kappa shape index (κ2) is 9.91. The van der Waals surface area contributed by atoms with E-state index in [9.17, 15) is 4.79 Å². The van der Waals surface area contributed by atoms with Gasteiger partial charge in [0, 0.05) is 18.0 Å². The van der Waals surface area contributed by atoms with Crippen molar-refractivity contribution in [1.82, 2.24) is 4.98 Å². The van der Waals surface area contributed by atoms with Gasteiger partial charge in [-0.1, -0.05) is 74.9 Å². The summed E-state index contributed by atoms with van der Waals surface area (Å²) in [6.07, 6.45) is 2.24. The minimum Gasteiger partial charge on any atom is -0.496 e. The molecule has 4 rings (SSSR count). The third-order valence-electron chi connectivity index (χ3n) is 6.16. The molecule has 1 amide bonds. The molecule has 0 aliphatic heterocycles. The number of rotatable bonds is 6. The van der Waals surface area contributed by atoms with E-state index >= 15 is 0 Å². The first-order chi connectivity index (χ1) is 16.6. The van der Waals surface area contributed by atoms with Crippen LogP contribution in [0.3, 0.4) is 0 Å². The Morgan fingerprint density at radius 1 is 0.914 bits per heavy atom. The van der Waals surface area contributed by atoms with E-state index in [0.717, 1.165) is 38.8 Å². The van der Waals surface area contributed by atoms with Gasteiger partial charge in [0.05, 0.1) is 13.7 Å². The maximum Gasteiger partial charge on any atom is 0.229 e. The number of hydrogen-bond donors (Lipinski definition) is 0. The lowest BCUT2D eigenvalue weighted by molar-refractivity contribution is -0.120. The smallest absolute Gasteiger partial charge is 0.229 e. The second-order valence-corrected chi connectivity index (χ2v) is 10.5. The Labute approximate surface area is 208 Å². The first-order valence-electron chi connectivity index (χ1n) is 12.0. The first kappa shape index (κ1) is 24.5. The van der Waals surface area contributed by atoms with Crippen LogP contribution in [-0.4, -0.2) is 18.0 Å². The summed E-state index contributed by atoms with van der Waals surface area (Å²) in [7, 11) is 1.69. The highest BCUT2D eigenvalue weighted by molar-refractivity contribution is 6.02. The molecule has 1 aromatic heterocycles. The first-order valence-corrected chi connectivity index (χ1v) is 12.0. The number of aromatic nitrogens is 1. The van der Waals surface area contributed by atoms with Crippen molar-refractivity contribution in [1.29, 1.82) is 0 Å². The third-order valence-corrected chi connectivity index (χ3v) is 6.16. The minimum atomic E-state index is -0.118. The Kier molecular flexibility index (Phi) is 6.93. The van der Waals surface area contributed by atoms with Crippen LogP contribution >= 0.6 is 0 Å². The molecule has 4 heteroatoms. The maximum atomic E-state index is 13.5. The van der Waals surface area contributed by atoms with Gasteiger partial charge in [0.15, 0.2) is 0 Å². The number of carbonyl (C=O) groups excluding carboxylic acids is 1. The number of pyridine rings is 1. The van der Waals surface area contributed by atoms with Crippen molar-refractivity contribution in [2.45, 2.75) is 47.6 Å². The third kappa shape index (κ3) is 5.71. The second-order valence-electron chi connectivity index (χ2n) is 10.5. The van der Waals surface area contributed by atoms with Crippen molar-refractivity contribution in [2.24, 2.45) is 5.41 Å². The van der Waals surface area contributed by atoms with Crippen LogP contribution in [0.1, 0.15) is 43.9 Å². The van der Waals surface area contributed by atoms with Gasteiger partial charge < -0.3 is 4.74 Å². The molecule has 0 saturated heterocycles. The van der Waals surface area contributed by atoms with E-state index in [4.69, 9.17) is 4.74 Å². The molecule has 4 nitrogen and oxygen atoms in total. The van der Waals surface area contributed by atoms with Crippen LogP contribution in [-0.2, 0) is 11.3 Å². The quantitative estimate of drug-likeness (QED) is 0.295. The Balaban J connectivity index is 1.68. The molecule has 3 aromatic carbocycles. The highest BCUT2D eigenvalue weighted by atomic mass is 16.5. The van der Waals surface area contributed by atoms with Gasteiger partial charge in [0.2, 0.25) is 5.91 Å². The van der Waals surface area contributed by atoms with E-state index in [-0.39, 0.29) is 11.3 Å². The summed E-state index contributed by atoms with van der Waals surface area (Å²) in [5.41, 5.74) is 5.50. The molecule has 0 bridgehead atoms. The zero-order valence-electron chi connectivity index (χ0n) is 21.6. The number of hydrogen-bond acceptors (Lipinski definition) is 3. The van der Waals surface area contributed by atoms with Crippen molar-refractivity contribution in [2.75, 3.05) is 12.0 Å². The van der Waals surface area contributed by atoms with E-state index in [1.165, 1.54) is 5.56 Å². The summed E-state index contributed by atoms with van der Waals surface area (Å²) in [5.74, 6) is 1.68. The summed E-state index contributed by atoms with van der Waals surface area (Å²) < 4.78 is 5.39. The van der Waals surface area contributed by atoms with Crippen LogP contribution in [0, 0.1) is 19.3 Å². The van der Waals surface area contributed by atoms with Crippen LogP contribution in [0.5, 0.6) is 5.75 Å². The number of fused-ring (bicyclic) bond motifs is 1. The molecule has 0 atom stereocenters. The maximum absolute atomic E-state index is 13.5. The number of carbonyl (C=O) groups is 1. The SMILES string of the molecule is COc1ccc(-c2ccc(CN(C(=O)CC(C)(C)C)c3nccc4cc(C)ccc34)cc2)cc1C. The van der Waals surface area contributed by atoms with Crippen molar-refractivity contribution >= 4 is 22.5 Å². The minimum absolute atomic E-state index is 0.0768. The summed E-state index contributed by atoms with van der Waals surface area (Å²) in [6.45, 7) is 10.9. The number of aryl methyl sites for hydroxylation is 2. The van der Waals surface area contributed by atoms with Crippen LogP contribution in [0.25, 0.3) is 21.9 Å². The topological polar surface area (TPSA) is 42.4 Å². The van der Waals surface area contributed by atoms with Gasteiger partial charge in [-0.25, -0.2) is 4.98 Å². The van der Waals surface area contributed by atoms with Gasteiger partial charge in [0.1, 0.15) is 11.6 Å². The van der Waals surface area contributed by atoms with Gasteiger partial charge in [-0.3, -0.25) is 9.69 Å². The van der Waals surface area contributed by atoms with Crippen molar-refractivity contribution in [3.63, 3.8) is 0 Å². The fourth-order valence-corrected chi connectivity index (χ4v) is 4.37. The van der Waals surface area contributed by atoms with Crippen molar-refractivity contribution in [3.05, 3.63) is 89.6 Å². The largest absolute Gasteiger partial charge is 0.496 e. The Bertz CT molecular complexity index is 1350. The van der Waals surface area contributed by atoms with Crippen LogP contribution in [0.2, 0.25) is 0 Å². The number of ether oxygens (including phenoxy) is 1. The Hall–Kier alpha value is -3.66. The predicted octanol–water partition coefficient (Wildman–Crippen LogP) is 7.50. The lowest BCUT2D eigenvalue weighted by Gasteiger charge is -2.27. The molecule has 0 fully saturated rings. The predicted molar refractivity (Wildman–Crippen MR) is 145 cm³/mol. The normalized spacial score (nSPS) is 11.5. The van der Waals surface area contributed by atoms with Gasteiger partial charge in [-0.15, -0.1) is 0 Å². The summed E-state index contributed by atoms with van der Waals surface area (Å²) in [4.78, 5) is 20.0. The average molecular weight is 467 g/mol. The van der Waals surface area contributed by atoms with Crippen LogP contribution in [0.4, 0.5) is 5.82 Å². The van der Waals surface area contributed by atoms with Gasteiger partial charge in [-0.05, 0) is 65.1 Å². The molecule has 180 valence electrons. The molecule has 0 unspecified atom stereocenters. The molecule has 0 aliphatic carbocycles. The summed E-state index contributed by atoms with van der Waals surface area (Å²) in [6, 6.07) is 22.9. The standard InChI is InChI=1S/C31H34N2O2/c1-21-7-13-27-26(17-21)15-16-32-30(27)33(29(34)19-31(3,4)5)20-23-8-10-24(11-9-23)25-12-14-28(35-6)22(2)18-25/h7-18H,19-20H2,1-6H3. The molecule has 4 aromatic rings. The van der Waals surface area contributed by atoms with Crippen molar-refractivity contribution < 1.29 is 9.53 Å². The van der Waals surface area contributed by atoms with E-state index in [1.807, 2.05) is 24.0 Å². The van der Waals surface area contributed by atoms with Crippen molar-refractivity contribution in [3.8, 4) is 16.9 Å². The zero-order chi connectivity index (χ0) is 25.2. The molecule has 0 spiro atoms. The molecule has 0 N–H and O–H groups in total. The molecule has 0 radical (unpaired) electrons. The number of anilines is 1. The fraction of sp³-hybridized carbons (Fsp3) is 0.290. The number of amides is 1. The van der Waals surface area contributed by atoms with Crippen LogP contribution in [0.15, 0.2) is 72.9 Å². The molecule has 1 heterocycles. The van der Waals surface area contributed by atoms with E-state index in [2.05, 4.69) is 87.3 Å². The number of nitrogens with zero attached hydrogens (tertiary/aromatic N) is 2. The van der Waals surface area contributed by atoms with Crippen LogP contribution < -0.4 is 9.64 Å². The monoisotopic (exact) mass is 466 g/mol. The van der Waals surface area contributed by atoms with Gasteiger partial charge in [0.25, 0.3) is 0 Å². The summed E-state index contributed by atoms with van der Waals surface area (Å²) in [5, 5.41) is 2.08. The summed E-state index contributed by atoms with van der Waals surface area (Å²) >= 11 is 0. The molecule has 0 saturated carbocycles. The molecular formula is C31H34N2O2. The Morgan fingerprint density at radius 3 is 2.29 bits per heavy atom. The lowest BCUT2D eigenvalue weighted by atomic mass is 9.91. The van der Waals surface area contributed by atoms with E-state index in [0.29, 0.717) is 18.8 Å². The highest BCUT2D eigenvalue weighted by Crippen LogP contribution is 2.31. The van der Waals surface area contributed by atoms with Gasteiger partial charge >= 0.3 is 0 Å². The van der Waals surface area contributed by atoms with Gasteiger partial charge in [-0.2, -0.15) is 0 Å². The molecule has 35 heavy (non-hydrogen) atoms. The highest BCUT2D eigenvalue weighted by Gasteiger charge is 2.25. The zero-order valence-corrected chi connectivity index (χ0v) is 21.6. The van der Waals surface area contributed by atoms with E-state index < -0.39 is 0 Å². The number of benzene rings is 3. The average Bonchev–Trinajstić information content (AvgIpc) is 2.81. The lowest BCUT2D eigenvalue weighted by Crippen LogP contribution is -2.34. The fourth-order valence-electron chi connectivity index (χ4n) is 4.37.